The van der Waals surface area contributed by atoms with Crippen molar-refractivity contribution in [2.24, 2.45) is 5.92 Å². The van der Waals surface area contributed by atoms with Crippen LogP contribution in [0, 0.1) is 5.92 Å². The lowest BCUT2D eigenvalue weighted by atomic mass is 10.0. The minimum atomic E-state index is -5.15. The van der Waals surface area contributed by atoms with Crippen LogP contribution in [0.5, 0.6) is 0 Å². The van der Waals surface area contributed by atoms with Gasteiger partial charge < -0.3 is 5.32 Å². The number of barbiturate groups is 1. The van der Waals surface area contributed by atoms with Gasteiger partial charge in [-0.25, -0.2) is 4.79 Å². The summed E-state index contributed by atoms with van der Waals surface area (Å²) in [4.78, 5) is 50.4. The van der Waals surface area contributed by atoms with Crippen LogP contribution >= 0.6 is 0 Å². The molecule has 2 rings (SSSR count). The summed E-state index contributed by atoms with van der Waals surface area (Å²) in [5.74, 6) is -6.04. The van der Waals surface area contributed by atoms with Crippen molar-refractivity contribution in [1.29, 1.82) is 0 Å². The lowest BCUT2D eigenvalue weighted by Gasteiger charge is -2.35. The number of hydrogen-bond donors (Lipinski definition) is 1. The maximum absolute atomic E-state index is 13.0. The molecule has 0 saturated carbocycles. The summed E-state index contributed by atoms with van der Waals surface area (Å²) in [6.07, 6.45) is -10.3. The molecule has 0 unspecified atom stereocenters. The summed E-state index contributed by atoms with van der Waals surface area (Å²) in [6.45, 7) is 2.37. The molecule has 1 fully saturated rings. The molecule has 0 aliphatic carbocycles. The number of imide groups is 2. The molecule has 1 aliphatic rings. The van der Waals surface area contributed by atoms with E-state index in [0.717, 1.165) is 0 Å². The molecule has 1 aromatic rings. The van der Waals surface area contributed by atoms with Gasteiger partial charge in [-0.1, -0.05) is 0 Å². The third-order valence-electron chi connectivity index (χ3n) is 4.24. The SMILES string of the molecule is CCN1C(=O)C(C(=O)Nc2cc(C(F)(F)F)cc(C(F)(F)F)c2)C(=O)N(CC)C1=O. The van der Waals surface area contributed by atoms with Gasteiger partial charge in [0.2, 0.25) is 5.91 Å². The second-order valence-electron chi connectivity index (χ2n) is 6.16. The number of rotatable bonds is 4. The Morgan fingerprint density at radius 2 is 1.27 bits per heavy atom. The van der Waals surface area contributed by atoms with Gasteiger partial charge in [0.15, 0.2) is 5.92 Å². The Hall–Kier alpha value is -3.12. The molecule has 1 aromatic carbocycles. The van der Waals surface area contributed by atoms with Crippen molar-refractivity contribution in [2.75, 3.05) is 18.4 Å². The fraction of sp³-hybridized carbons (Fsp3) is 0.412. The molecule has 13 heteroatoms. The minimum Gasteiger partial charge on any atom is -0.325 e. The van der Waals surface area contributed by atoms with Crippen molar-refractivity contribution in [3.8, 4) is 0 Å². The Bertz CT molecular complexity index is 838. The summed E-state index contributed by atoms with van der Waals surface area (Å²) in [5, 5.41) is 1.76. The van der Waals surface area contributed by atoms with Gasteiger partial charge in [-0.2, -0.15) is 26.3 Å². The Kier molecular flexibility index (Phi) is 6.14. The molecule has 164 valence electrons. The van der Waals surface area contributed by atoms with Crippen molar-refractivity contribution in [3.63, 3.8) is 0 Å². The number of carbonyl (C=O) groups excluding carboxylic acids is 4. The summed E-state index contributed by atoms with van der Waals surface area (Å²) < 4.78 is 77.7. The van der Waals surface area contributed by atoms with Crippen LogP contribution in [0.1, 0.15) is 25.0 Å². The number of benzene rings is 1. The highest BCUT2D eigenvalue weighted by Gasteiger charge is 2.48. The molecule has 30 heavy (non-hydrogen) atoms. The highest BCUT2D eigenvalue weighted by atomic mass is 19.4. The summed E-state index contributed by atoms with van der Waals surface area (Å²) in [6, 6.07) is -0.628. The lowest BCUT2D eigenvalue weighted by molar-refractivity contribution is -0.152. The molecule has 1 N–H and O–H groups in total. The molecule has 0 radical (unpaired) electrons. The summed E-state index contributed by atoms with van der Waals surface area (Å²) >= 11 is 0. The third kappa shape index (κ3) is 4.39. The Labute approximate surface area is 165 Å². The smallest absolute Gasteiger partial charge is 0.325 e. The van der Waals surface area contributed by atoms with E-state index in [1.165, 1.54) is 13.8 Å². The number of hydrogen-bond acceptors (Lipinski definition) is 4. The zero-order chi connectivity index (χ0) is 23.0. The Morgan fingerprint density at radius 1 is 0.867 bits per heavy atom. The van der Waals surface area contributed by atoms with Gasteiger partial charge in [0.1, 0.15) is 0 Å². The number of carbonyl (C=O) groups is 4. The standard InChI is InChI=1S/C17H15F6N3O4/c1-3-25-13(28)11(14(29)26(4-2)15(25)30)12(27)24-10-6-8(16(18,19)20)5-9(7-10)17(21,22)23/h5-7,11H,3-4H2,1-2H3,(H,24,27). The summed E-state index contributed by atoms with van der Waals surface area (Å²) in [7, 11) is 0. The van der Waals surface area contributed by atoms with Crippen LogP contribution in [-0.2, 0) is 26.7 Å². The number of halogens is 6. The molecular formula is C17H15F6N3O4. The van der Waals surface area contributed by atoms with E-state index in [0.29, 0.717) is 9.80 Å². The Balaban J connectivity index is 2.44. The highest BCUT2D eigenvalue weighted by molar-refractivity contribution is 6.28. The van der Waals surface area contributed by atoms with Crippen molar-refractivity contribution in [3.05, 3.63) is 29.3 Å². The van der Waals surface area contributed by atoms with Crippen molar-refractivity contribution in [1.82, 2.24) is 9.80 Å². The van der Waals surface area contributed by atoms with Crippen LogP contribution in [0.2, 0.25) is 0 Å². The first-order valence-corrected chi connectivity index (χ1v) is 8.49. The topological polar surface area (TPSA) is 86.8 Å². The first-order valence-electron chi connectivity index (χ1n) is 8.49. The van der Waals surface area contributed by atoms with Crippen molar-refractivity contribution < 1.29 is 45.5 Å². The number of nitrogens with zero attached hydrogens (tertiary/aromatic N) is 2. The molecule has 7 nitrogen and oxygen atoms in total. The largest absolute Gasteiger partial charge is 0.416 e. The molecule has 0 aromatic heterocycles. The molecular weight excluding hydrogens is 424 g/mol. The average Bonchev–Trinajstić information content (AvgIpc) is 2.60. The average molecular weight is 439 g/mol. The number of nitrogens with one attached hydrogen (secondary N) is 1. The maximum Gasteiger partial charge on any atom is 0.416 e. The number of amides is 5. The predicted octanol–water partition coefficient (Wildman–Crippen LogP) is 3.11. The van der Waals surface area contributed by atoms with Crippen LogP contribution in [0.25, 0.3) is 0 Å². The van der Waals surface area contributed by atoms with Gasteiger partial charge in [-0.3, -0.25) is 24.2 Å². The fourth-order valence-electron chi connectivity index (χ4n) is 2.80. The predicted molar refractivity (Wildman–Crippen MR) is 88.7 cm³/mol. The molecule has 0 atom stereocenters. The van der Waals surface area contributed by atoms with Gasteiger partial charge in [-0.05, 0) is 32.0 Å². The second kappa shape index (κ2) is 7.95. The van der Waals surface area contributed by atoms with E-state index in [1.54, 1.807) is 5.32 Å². The van der Waals surface area contributed by atoms with E-state index in [4.69, 9.17) is 0 Å². The van der Waals surface area contributed by atoms with Crippen molar-refractivity contribution in [2.45, 2.75) is 26.2 Å². The molecule has 0 bridgehead atoms. The van der Waals surface area contributed by atoms with Crippen molar-refractivity contribution >= 4 is 29.4 Å². The first kappa shape index (κ1) is 23.2. The van der Waals surface area contributed by atoms with E-state index in [-0.39, 0.29) is 31.3 Å². The fourth-order valence-corrected chi connectivity index (χ4v) is 2.80. The van der Waals surface area contributed by atoms with E-state index < -0.39 is 58.8 Å². The zero-order valence-electron chi connectivity index (χ0n) is 15.5. The van der Waals surface area contributed by atoms with E-state index in [2.05, 4.69) is 0 Å². The molecule has 0 spiro atoms. The third-order valence-corrected chi connectivity index (χ3v) is 4.24. The van der Waals surface area contributed by atoms with Crippen LogP contribution in [-0.4, -0.2) is 46.6 Å². The minimum absolute atomic E-state index is 0.136. The van der Waals surface area contributed by atoms with Gasteiger partial charge in [0, 0.05) is 18.8 Å². The van der Waals surface area contributed by atoms with E-state index in [9.17, 15) is 45.5 Å². The number of alkyl halides is 6. The quantitative estimate of drug-likeness (QED) is 0.577. The van der Waals surface area contributed by atoms with Crippen LogP contribution < -0.4 is 5.32 Å². The molecule has 1 aliphatic heterocycles. The number of urea groups is 1. The molecule has 1 heterocycles. The van der Waals surface area contributed by atoms with Crippen LogP contribution in [0.3, 0.4) is 0 Å². The maximum atomic E-state index is 13.0. The summed E-state index contributed by atoms with van der Waals surface area (Å²) in [5.41, 5.74) is -4.28. The van der Waals surface area contributed by atoms with Gasteiger partial charge in [0.05, 0.1) is 11.1 Å². The highest BCUT2D eigenvalue weighted by Crippen LogP contribution is 2.37. The number of anilines is 1. The second-order valence-corrected chi connectivity index (χ2v) is 6.16. The molecule has 5 amide bonds. The monoisotopic (exact) mass is 439 g/mol. The first-order chi connectivity index (χ1) is 13.7. The van der Waals surface area contributed by atoms with Crippen LogP contribution in [0.4, 0.5) is 36.8 Å². The molecule has 1 saturated heterocycles. The lowest BCUT2D eigenvalue weighted by Crippen LogP contribution is -2.62. The van der Waals surface area contributed by atoms with Gasteiger partial charge in [0.25, 0.3) is 11.8 Å². The Morgan fingerprint density at radius 3 is 1.60 bits per heavy atom. The normalized spacial score (nSPS) is 16.3. The van der Waals surface area contributed by atoms with E-state index in [1.807, 2.05) is 0 Å². The van der Waals surface area contributed by atoms with Crippen LogP contribution in [0.15, 0.2) is 18.2 Å². The van der Waals surface area contributed by atoms with E-state index >= 15 is 0 Å². The van der Waals surface area contributed by atoms with Gasteiger partial charge >= 0.3 is 18.4 Å². The van der Waals surface area contributed by atoms with Gasteiger partial charge in [-0.15, -0.1) is 0 Å². The zero-order valence-corrected chi connectivity index (χ0v) is 15.5.